The molecule has 2 heterocycles. The van der Waals surface area contributed by atoms with Gasteiger partial charge < -0.3 is 5.11 Å². The lowest BCUT2D eigenvalue weighted by Gasteiger charge is -1.91. The fraction of sp³-hybridized carbons (Fsp3) is 0.200. The van der Waals surface area contributed by atoms with Crippen molar-refractivity contribution in [3.8, 4) is 10.6 Å². The molecule has 2 rings (SSSR count). The van der Waals surface area contributed by atoms with E-state index in [0.29, 0.717) is 0 Å². The summed E-state index contributed by atoms with van der Waals surface area (Å²) in [7, 11) is 0. The van der Waals surface area contributed by atoms with Gasteiger partial charge in [0.15, 0.2) is 0 Å². The van der Waals surface area contributed by atoms with Crippen LogP contribution in [0.5, 0.6) is 0 Å². The van der Waals surface area contributed by atoms with Gasteiger partial charge >= 0.3 is 0 Å². The van der Waals surface area contributed by atoms with Crippen LogP contribution in [0.15, 0.2) is 24.5 Å². The van der Waals surface area contributed by atoms with Crippen LogP contribution in [0.1, 0.15) is 10.6 Å². The Bertz CT molecular complexity index is 425. The zero-order chi connectivity index (χ0) is 9.97. The third-order valence-electron chi connectivity index (χ3n) is 1.94. The van der Waals surface area contributed by atoms with Crippen LogP contribution in [0.3, 0.4) is 0 Å². The van der Waals surface area contributed by atoms with E-state index in [1.165, 1.54) is 11.3 Å². The van der Waals surface area contributed by atoms with E-state index >= 15 is 0 Å². The molecule has 0 fully saturated rings. The van der Waals surface area contributed by atoms with E-state index in [4.69, 9.17) is 5.11 Å². The summed E-state index contributed by atoms with van der Waals surface area (Å²) in [5, 5.41) is 9.95. The average molecular weight is 206 g/mol. The number of hydrogen-bond donors (Lipinski definition) is 1. The van der Waals surface area contributed by atoms with Crippen molar-refractivity contribution in [3.05, 3.63) is 35.1 Å². The molecular weight excluding hydrogens is 196 g/mol. The second-order valence-electron chi connectivity index (χ2n) is 2.93. The van der Waals surface area contributed by atoms with E-state index in [-0.39, 0.29) is 6.61 Å². The number of aliphatic hydroxyl groups is 1. The fourth-order valence-corrected chi connectivity index (χ4v) is 2.10. The van der Waals surface area contributed by atoms with Gasteiger partial charge in [0.05, 0.1) is 17.2 Å². The maximum atomic E-state index is 9.03. The molecule has 0 aliphatic carbocycles. The maximum Gasteiger partial charge on any atom is 0.125 e. The first kappa shape index (κ1) is 9.30. The summed E-state index contributed by atoms with van der Waals surface area (Å²) in [6.07, 6.45) is 3.51. The zero-order valence-electron chi connectivity index (χ0n) is 7.77. The van der Waals surface area contributed by atoms with E-state index in [0.717, 1.165) is 21.1 Å². The van der Waals surface area contributed by atoms with Crippen LogP contribution in [-0.4, -0.2) is 15.1 Å². The molecule has 0 saturated heterocycles. The van der Waals surface area contributed by atoms with Crippen molar-refractivity contribution in [1.29, 1.82) is 0 Å². The number of thiazole rings is 1. The Morgan fingerprint density at radius 2 is 2.36 bits per heavy atom. The molecule has 0 unspecified atom stereocenters. The highest BCUT2D eigenvalue weighted by Crippen LogP contribution is 2.26. The SMILES string of the molecule is Cc1nc(-c2cccnc2)sc1CO. The summed E-state index contributed by atoms with van der Waals surface area (Å²) >= 11 is 1.51. The van der Waals surface area contributed by atoms with Crippen LogP contribution in [0.4, 0.5) is 0 Å². The van der Waals surface area contributed by atoms with E-state index in [1.807, 2.05) is 19.1 Å². The first-order chi connectivity index (χ1) is 6.81. The third kappa shape index (κ3) is 1.66. The average Bonchev–Trinajstić information content (AvgIpc) is 2.61. The van der Waals surface area contributed by atoms with E-state index in [9.17, 15) is 0 Å². The summed E-state index contributed by atoms with van der Waals surface area (Å²) in [5.74, 6) is 0. The van der Waals surface area contributed by atoms with Gasteiger partial charge in [-0.2, -0.15) is 0 Å². The van der Waals surface area contributed by atoms with Gasteiger partial charge in [-0.1, -0.05) is 0 Å². The van der Waals surface area contributed by atoms with Crippen LogP contribution in [0.25, 0.3) is 10.6 Å². The molecule has 0 bridgehead atoms. The molecule has 0 saturated carbocycles. The lowest BCUT2D eigenvalue weighted by Crippen LogP contribution is -1.80. The molecule has 2 aromatic rings. The quantitative estimate of drug-likeness (QED) is 0.817. The van der Waals surface area contributed by atoms with E-state index < -0.39 is 0 Å². The molecule has 0 spiro atoms. The Morgan fingerprint density at radius 1 is 1.50 bits per heavy atom. The molecule has 72 valence electrons. The Labute approximate surface area is 86.1 Å². The van der Waals surface area contributed by atoms with Crippen LogP contribution in [0.2, 0.25) is 0 Å². The second kappa shape index (κ2) is 3.86. The van der Waals surface area contributed by atoms with Gasteiger partial charge in [-0.25, -0.2) is 4.98 Å². The van der Waals surface area contributed by atoms with Gasteiger partial charge in [0, 0.05) is 18.0 Å². The van der Waals surface area contributed by atoms with Crippen molar-refractivity contribution in [2.45, 2.75) is 13.5 Å². The minimum Gasteiger partial charge on any atom is -0.391 e. The van der Waals surface area contributed by atoms with Crippen LogP contribution in [-0.2, 0) is 6.61 Å². The molecule has 0 aliphatic heterocycles. The zero-order valence-corrected chi connectivity index (χ0v) is 8.58. The monoisotopic (exact) mass is 206 g/mol. The smallest absolute Gasteiger partial charge is 0.125 e. The highest BCUT2D eigenvalue weighted by Gasteiger charge is 2.07. The van der Waals surface area contributed by atoms with Crippen molar-refractivity contribution in [3.63, 3.8) is 0 Å². The number of nitrogens with zero attached hydrogens (tertiary/aromatic N) is 2. The van der Waals surface area contributed by atoms with Crippen molar-refractivity contribution in [1.82, 2.24) is 9.97 Å². The first-order valence-electron chi connectivity index (χ1n) is 4.29. The Hall–Kier alpha value is -1.26. The lowest BCUT2D eigenvalue weighted by atomic mass is 10.3. The largest absolute Gasteiger partial charge is 0.391 e. The van der Waals surface area contributed by atoms with Crippen molar-refractivity contribution in [2.24, 2.45) is 0 Å². The number of aliphatic hydroxyl groups excluding tert-OH is 1. The summed E-state index contributed by atoms with van der Waals surface area (Å²) < 4.78 is 0. The molecule has 3 nitrogen and oxygen atoms in total. The molecule has 0 amide bonds. The molecule has 0 aromatic carbocycles. The Kier molecular flexibility index (Phi) is 2.56. The lowest BCUT2D eigenvalue weighted by molar-refractivity contribution is 0.284. The molecule has 14 heavy (non-hydrogen) atoms. The molecule has 0 atom stereocenters. The normalized spacial score (nSPS) is 10.4. The third-order valence-corrected chi connectivity index (χ3v) is 3.14. The summed E-state index contributed by atoms with van der Waals surface area (Å²) in [5.41, 5.74) is 1.90. The first-order valence-corrected chi connectivity index (χ1v) is 5.10. The molecule has 0 radical (unpaired) electrons. The van der Waals surface area contributed by atoms with Crippen LogP contribution >= 0.6 is 11.3 Å². The minimum atomic E-state index is 0.0593. The molecular formula is C10H10N2OS. The second-order valence-corrected chi connectivity index (χ2v) is 4.01. The van der Waals surface area contributed by atoms with E-state index in [2.05, 4.69) is 9.97 Å². The van der Waals surface area contributed by atoms with Gasteiger partial charge in [-0.3, -0.25) is 4.98 Å². The number of aromatic nitrogens is 2. The fourth-order valence-electron chi connectivity index (χ4n) is 1.19. The highest BCUT2D eigenvalue weighted by atomic mass is 32.1. The predicted molar refractivity (Wildman–Crippen MR) is 56.0 cm³/mol. The molecule has 2 aromatic heterocycles. The van der Waals surface area contributed by atoms with Gasteiger partial charge in [-0.15, -0.1) is 11.3 Å². The number of pyridine rings is 1. The Balaban J connectivity index is 2.43. The van der Waals surface area contributed by atoms with Gasteiger partial charge in [0.1, 0.15) is 5.01 Å². The number of hydrogen-bond acceptors (Lipinski definition) is 4. The summed E-state index contributed by atoms with van der Waals surface area (Å²) in [6, 6.07) is 3.84. The van der Waals surface area contributed by atoms with Crippen LogP contribution in [0, 0.1) is 6.92 Å². The summed E-state index contributed by atoms with van der Waals surface area (Å²) in [6.45, 7) is 1.96. The standard InChI is InChI=1S/C10H10N2OS/c1-7-9(6-13)14-10(12-7)8-3-2-4-11-5-8/h2-5,13H,6H2,1H3. The summed E-state index contributed by atoms with van der Waals surface area (Å²) in [4.78, 5) is 9.32. The van der Waals surface area contributed by atoms with Gasteiger partial charge in [-0.05, 0) is 19.1 Å². The van der Waals surface area contributed by atoms with Crippen molar-refractivity contribution in [2.75, 3.05) is 0 Å². The highest BCUT2D eigenvalue weighted by molar-refractivity contribution is 7.15. The van der Waals surface area contributed by atoms with Crippen molar-refractivity contribution >= 4 is 11.3 Å². The number of aryl methyl sites for hydroxylation is 1. The molecule has 4 heteroatoms. The maximum absolute atomic E-state index is 9.03. The molecule has 0 aliphatic rings. The van der Waals surface area contributed by atoms with Gasteiger partial charge in [0.2, 0.25) is 0 Å². The van der Waals surface area contributed by atoms with Gasteiger partial charge in [0.25, 0.3) is 0 Å². The number of rotatable bonds is 2. The Morgan fingerprint density at radius 3 is 2.93 bits per heavy atom. The topological polar surface area (TPSA) is 46.0 Å². The van der Waals surface area contributed by atoms with E-state index in [1.54, 1.807) is 12.4 Å². The van der Waals surface area contributed by atoms with Crippen molar-refractivity contribution < 1.29 is 5.11 Å². The minimum absolute atomic E-state index is 0.0593. The van der Waals surface area contributed by atoms with Crippen LogP contribution < -0.4 is 0 Å². The predicted octanol–water partition coefficient (Wildman–Crippen LogP) is 2.01. The molecule has 1 N–H and O–H groups in total.